The highest BCUT2D eigenvalue weighted by Crippen LogP contribution is 2.34. The molecule has 1 aromatic carbocycles. The van der Waals surface area contributed by atoms with Crippen molar-refractivity contribution in [2.45, 2.75) is 24.7 Å². The number of thioether (sulfide) groups is 1. The Kier molecular flexibility index (Phi) is 6.44. The molecule has 1 aromatic heterocycles. The number of nitrogens with zero attached hydrogens (tertiary/aromatic N) is 3. The lowest BCUT2D eigenvalue weighted by atomic mass is 10.2. The number of rotatable bonds is 5. The fraction of sp³-hybridized carbons (Fsp3) is 0.455. The van der Waals surface area contributed by atoms with Crippen LogP contribution in [0.25, 0.3) is 0 Å². The SMILES string of the molecule is Cc1cnccc1N1CCCN(C(=O)CCSc2ccc3c(c2)OCCO3)CC1. The summed E-state index contributed by atoms with van der Waals surface area (Å²) in [6.07, 6.45) is 5.28. The number of aromatic nitrogens is 1. The number of aryl methyl sites for hydroxylation is 1. The number of fused-ring (bicyclic) bond motifs is 1. The van der Waals surface area contributed by atoms with Crippen LogP contribution in [0.5, 0.6) is 11.5 Å². The lowest BCUT2D eigenvalue weighted by Gasteiger charge is -2.25. The molecule has 154 valence electrons. The third-order valence-electron chi connectivity index (χ3n) is 5.28. The molecule has 0 aliphatic carbocycles. The molecule has 0 saturated carbocycles. The van der Waals surface area contributed by atoms with Gasteiger partial charge in [-0.05, 0) is 43.2 Å². The highest BCUT2D eigenvalue weighted by atomic mass is 32.2. The minimum atomic E-state index is 0.239. The summed E-state index contributed by atoms with van der Waals surface area (Å²) < 4.78 is 11.2. The highest BCUT2D eigenvalue weighted by molar-refractivity contribution is 7.99. The monoisotopic (exact) mass is 413 g/mol. The van der Waals surface area contributed by atoms with Gasteiger partial charge in [-0.1, -0.05) is 0 Å². The molecule has 4 rings (SSSR count). The number of ether oxygens (including phenoxy) is 2. The van der Waals surface area contributed by atoms with E-state index in [1.54, 1.807) is 11.8 Å². The number of hydrogen-bond donors (Lipinski definition) is 0. The molecule has 1 fully saturated rings. The molecule has 0 bridgehead atoms. The largest absolute Gasteiger partial charge is 0.486 e. The first-order valence-corrected chi connectivity index (χ1v) is 11.1. The number of carbonyl (C=O) groups is 1. The van der Waals surface area contributed by atoms with E-state index >= 15 is 0 Å². The number of carbonyl (C=O) groups excluding carboxylic acids is 1. The van der Waals surface area contributed by atoms with Gasteiger partial charge in [-0.2, -0.15) is 0 Å². The van der Waals surface area contributed by atoms with Crippen LogP contribution >= 0.6 is 11.8 Å². The molecular formula is C22H27N3O3S. The molecule has 0 atom stereocenters. The van der Waals surface area contributed by atoms with E-state index in [4.69, 9.17) is 9.47 Å². The van der Waals surface area contributed by atoms with Gasteiger partial charge in [0, 0.05) is 61.3 Å². The summed E-state index contributed by atoms with van der Waals surface area (Å²) in [5.74, 6) is 2.60. The molecule has 7 heteroatoms. The maximum atomic E-state index is 12.7. The standard InChI is InChI=1S/C22H27N3O3S/c1-17-16-23-7-5-19(17)24-8-2-9-25(11-10-24)22(26)6-14-29-18-3-4-20-21(15-18)28-13-12-27-20/h3-5,7,15-16H,2,6,8-14H2,1H3. The molecular weight excluding hydrogens is 386 g/mol. The quantitative estimate of drug-likeness (QED) is 0.701. The maximum Gasteiger partial charge on any atom is 0.223 e. The fourth-order valence-electron chi connectivity index (χ4n) is 3.76. The first-order chi connectivity index (χ1) is 14.2. The second kappa shape index (κ2) is 9.39. The smallest absolute Gasteiger partial charge is 0.223 e. The lowest BCUT2D eigenvalue weighted by molar-refractivity contribution is -0.130. The van der Waals surface area contributed by atoms with E-state index in [2.05, 4.69) is 22.9 Å². The van der Waals surface area contributed by atoms with Crippen LogP contribution in [0.2, 0.25) is 0 Å². The van der Waals surface area contributed by atoms with E-state index in [1.807, 2.05) is 35.5 Å². The van der Waals surface area contributed by atoms with Gasteiger partial charge >= 0.3 is 0 Å². The summed E-state index contributed by atoms with van der Waals surface area (Å²) >= 11 is 1.69. The molecule has 0 radical (unpaired) electrons. The highest BCUT2D eigenvalue weighted by Gasteiger charge is 2.20. The van der Waals surface area contributed by atoms with E-state index in [9.17, 15) is 4.79 Å². The molecule has 0 spiro atoms. The van der Waals surface area contributed by atoms with Gasteiger partial charge in [-0.25, -0.2) is 0 Å². The Balaban J connectivity index is 1.26. The normalized spacial score (nSPS) is 16.4. The average molecular weight is 414 g/mol. The van der Waals surface area contributed by atoms with Crippen LogP contribution in [0, 0.1) is 6.92 Å². The molecule has 0 N–H and O–H groups in total. The van der Waals surface area contributed by atoms with Crippen molar-refractivity contribution in [3.63, 3.8) is 0 Å². The van der Waals surface area contributed by atoms with Crippen molar-refractivity contribution in [3.05, 3.63) is 42.2 Å². The molecule has 1 saturated heterocycles. The van der Waals surface area contributed by atoms with Crippen molar-refractivity contribution in [1.82, 2.24) is 9.88 Å². The van der Waals surface area contributed by atoms with Gasteiger partial charge in [0.25, 0.3) is 0 Å². The maximum absolute atomic E-state index is 12.7. The van der Waals surface area contributed by atoms with Crippen LogP contribution in [-0.4, -0.2) is 60.9 Å². The Hall–Kier alpha value is -2.41. The second-order valence-electron chi connectivity index (χ2n) is 7.29. The van der Waals surface area contributed by atoms with Gasteiger partial charge in [0.15, 0.2) is 11.5 Å². The minimum Gasteiger partial charge on any atom is -0.486 e. The number of benzene rings is 1. The topological polar surface area (TPSA) is 54.9 Å². The van der Waals surface area contributed by atoms with Gasteiger partial charge in [0.05, 0.1) is 0 Å². The Bertz CT molecular complexity index is 861. The van der Waals surface area contributed by atoms with E-state index in [1.165, 1.54) is 11.3 Å². The van der Waals surface area contributed by atoms with Crippen LogP contribution in [0.4, 0.5) is 5.69 Å². The first kappa shape index (κ1) is 19.9. The predicted molar refractivity (Wildman–Crippen MR) is 115 cm³/mol. The van der Waals surface area contributed by atoms with Crippen LogP contribution in [0.1, 0.15) is 18.4 Å². The van der Waals surface area contributed by atoms with Crippen molar-refractivity contribution < 1.29 is 14.3 Å². The zero-order chi connectivity index (χ0) is 20.1. The summed E-state index contributed by atoms with van der Waals surface area (Å²) in [7, 11) is 0. The van der Waals surface area contributed by atoms with Gasteiger partial charge in [-0.3, -0.25) is 9.78 Å². The number of anilines is 1. The number of pyridine rings is 1. The summed E-state index contributed by atoms with van der Waals surface area (Å²) in [6, 6.07) is 8.05. The van der Waals surface area contributed by atoms with E-state index in [0.717, 1.165) is 54.7 Å². The predicted octanol–water partition coefficient (Wildman–Crippen LogP) is 3.38. The van der Waals surface area contributed by atoms with Crippen LogP contribution in [0.3, 0.4) is 0 Å². The first-order valence-electron chi connectivity index (χ1n) is 10.2. The molecule has 2 aromatic rings. The van der Waals surface area contributed by atoms with Gasteiger partial charge in [-0.15, -0.1) is 11.8 Å². The van der Waals surface area contributed by atoms with Crippen molar-refractivity contribution in [2.75, 3.05) is 50.0 Å². The minimum absolute atomic E-state index is 0.239. The van der Waals surface area contributed by atoms with Crippen LogP contribution < -0.4 is 14.4 Å². The Morgan fingerprint density at radius 3 is 2.83 bits per heavy atom. The lowest BCUT2D eigenvalue weighted by Crippen LogP contribution is -2.35. The Morgan fingerprint density at radius 1 is 1.10 bits per heavy atom. The Morgan fingerprint density at radius 2 is 1.97 bits per heavy atom. The summed E-state index contributed by atoms with van der Waals surface area (Å²) in [6.45, 7) is 6.72. The zero-order valence-electron chi connectivity index (χ0n) is 16.8. The zero-order valence-corrected chi connectivity index (χ0v) is 17.6. The van der Waals surface area contributed by atoms with Crippen LogP contribution in [-0.2, 0) is 4.79 Å². The van der Waals surface area contributed by atoms with Gasteiger partial charge in [0.1, 0.15) is 13.2 Å². The summed E-state index contributed by atoms with van der Waals surface area (Å²) in [4.78, 5) is 22.4. The van der Waals surface area contributed by atoms with Crippen molar-refractivity contribution >= 4 is 23.4 Å². The fourth-order valence-corrected chi connectivity index (χ4v) is 4.62. The molecule has 2 aliphatic heterocycles. The molecule has 29 heavy (non-hydrogen) atoms. The Labute approximate surface area is 176 Å². The molecule has 0 unspecified atom stereocenters. The third-order valence-corrected chi connectivity index (χ3v) is 6.27. The van der Waals surface area contributed by atoms with Crippen LogP contribution in [0.15, 0.2) is 41.6 Å². The van der Waals surface area contributed by atoms with Crippen molar-refractivity contribution in [3.8, 4) is 11.5 Å². The molecule has 6 nitrogen and oxygen atoms in total. The van der Waals surface area contributed by atoms with Gasteiger partial charge in [0.2, 0.25) is 5.91 Å². The summed E-state index contributed by atoms with van der Waals surface area (Å²) in [5.41, 5.74) is 2.41. The van der Waals surface area contributed by atoms with E-state index in [-0.39, 0.29) is 5.91 Å². The molecule has 3 heterocycles. The molecule has 1 amide bonds. The van der Waals surface area contributed by atoms with Crippen molar-refractivity contribution in [1.29, 1.82) is 0 Å². The average Bonchev–Trinajstić information content (AvgIpc) is 3.00. The van der Waals surface area contributed by atoms with Gasteiger partial charge < -0.3 is 19.3 Å². The molecule has 2 aliphatic rings. The summed E-state index contributed by atoms with van der Waals surface area (Å²) in [5, 5.41) is 0. The number of amides is 1. The number of hydrogen-bond acceptors (Lipinski definition) is 6. The van der Waals surface area contributed by atoms with E-state index in [0.29, 0.717) is 19.6 Å². The second-order valence-corrected chi connectivity index (χ2v) is 8.46. The third kappa shape index (κ3) is 4.96. The van der Waals surface area contributed by atoms with E-state index < -0.39 is 0 Å². The van der Waals surface area contributed by atoms with Crippen molar-refractivity contribution in [2.24, 2.45) is 0 Å².